The second-order valence-electron chi connectivity index (χ2n) is 8.79. The van der Waals surface area contributed by atoms with Crippen LogP contribution in [0.25, 0.3) is 0 Å². The summed E-state index contributed by atoms with van der Waals surface area (Å²) in [6, 6.07) is -0.379. The van der Waals surface area contributed by atoms with Gasteiger partial charge in [-0.3, -0.25) is 14.9 Å². The zero-order valence-corrected chi connectivity index (χ0v) is 17.8. The highest BCUT2D eigenvalue weighted by Gasteiger charge is 2.33. The van der Waals surface area contributed by atoms with Gasteiger partial charge in [0.05, 0.1) is 6.04 Å². The first kappa shape index (κ1) is 22.6. The van der Waals surface area contributed by atoms with Crippen molar-refractivity contribution >= 4 is 11.8 Å². The number of nitrogens with one attached hydrogen (secondary N) is 2. The molecule has 6 nitrogen and oxygen atoms in total. The SMILES string of the molecule is CNC(=O)[C@@H](N[C@H](/C=C(\C)C(=O)N1CCN(C)CC1)C(C)C)C(C)(C)C. The number of hydrogen-bond acceptors (Lipinski definition) is 4. The van der Waals surface area contributed by atoms with Gasteiger partial charge in [0.25, 0.3) is 0 Å². The summed E-state index contributed by atoms with van der Waals surface area (Å²) in [7, 11) is 3.74. The van der Waals surface area contributed by atoms with E-state index in [2.05, 4.69) is 36.4 Å². The van der Waals surface area contributed by atoms with Crippen LogP contribution in [0.5, 0.6) is 0 Å². The van der Waals surface area contributed by atoms with E-state index in [9.17, 15) is 9.59 Å². The fourth-order valence-corrected chi connectivity index (χ4v) is 3.09. The van der Waals surface area contributed by atoms with E-state index in [1.165, 1.54) is 0 Å². The van der Waals surface area contributed by atoms with Gasteiger partial charge in [-0.25, -0.2) is 0 Å². The van der Waals surface area contributed by atoms with Crippen molar-refractivity contribution in [3.63, 3.8) is 0 Å². The first-order valence-electron chi connectivity index (χ1n) is 9.61. The van der Waals surface area contributed by atoms with Crippen molar-refractivity contribution in [2.75, 3.05) is 40.3 Å². The number of likely N-dealkylation sites (N-methyl/N-ethyl adjacent to an activating group) is 2. The molecule has 0 aromatic heterocycles. The highest BCUT2D eigenvalue weighted by Crippen LogP contribution is 2.22. The fraction of sp³-hybridized carbons (Fsp3) is 0.800. The monoisotopic (exact) mass is 366 g/mol. The molecule has 6 heteroatoms. The summed E-state index contributed by atoms with van der Waals surface area (Å²) in [6.45, 7) is 15.6. The van der Waals surface area contributed by atoms with E-state index in [1.807, 2.05) is 38.7 Å². The molecule has 1 rings (SSSR count). The largest absolute Gasteiger partial charge is 0.358 e. The summed E-state index contributed by atoms with van der Waals surface area (Å²) in [4.78, 5) is 29.3. The third-order valence-electron chi connectivity index (χ3n) is 5.01. The number of hydrogen-bond donors (Lipinski definition) is 2. The van der Waals surface area contributed by atoms with Gasteiger partial charge in [0.2, 0.25) is 11.8 Å². The van der Waals surface area contributed by atoms with Crippen molar-refractivity contribution < 1.29 is 9.59 Å². The second-order valence-corrected chi connectivity index (χ2v) is 8.79. The average Bonchev–Trinajstić information content (AvgIpc) is 2.56. The van der Waals surface area contributed by atoms with E-state index in [-0.39, 0.29) is 35.2 Å². The number of carbonyl (C=O) groups is 2. The van der Waals surface area contributed by atoms with Crippen molar-refractivity contribution in [2.45, 2.75) is 53.6 Å². The van der Waals surface area contributed by atoms with Crippen molar-refractivity contribution in [2.24, 2.45) is 11.3 Å². The smallest absolute Gasteiger partial charge is 0.249 e. The summed E-state index contributed by atoms with van der Waals surface area (Å²) < 4.78 is 0. The summed E-state index contributed by atoms with van der Waals surface area (Å²) in [6.07, 6.45) is 1.99. The molecule has 1 aliphatic rings. The maximum atomic E-state index is 12.8. The molecule has 2 N–H and O–H groups in total. The maximum Gasteiger partial charge on any atom is 0.249 e. The molecule has 1 saturated heterocycles. The summed E-state index contributed by atoms with van der Waals surface area (Å²) in [5.41, 5.74) is 0.515. The molecule has 0 unspecified atom stereocenters. The Morgan fingerprint density at radius 2 is 1.62 bits per heavy atom. The fourth-order valence-electron chi connectivity index (χ4n) is 3.09. The third kappa shape index (κ3) is 6.40. The molecule has 150 valence electrons. The molecular formula is C20H38N4O2. The van der Waals surface area contributed by atoms with Gasteiger partial charge in [-0.05, 0) is 25.3 Å². The lowest BCUT2D eigenvalue weighted by Gasteiger charge is -2.35. The van der Waals surface area contributed by atoms with E-state index in [1.54, 1.807) is 7.05 Å². The van der Waals surface area contributed by atoms with Crippen molar-refractivity contribution in [1.29, 1.82) is 0 Å². The van der Waals surface area contributed by atoms with Crippen LogP contribution in [0.15, 0.2) is 11.6 Å². The van der Waals surface area contributed by atoms with Gasteiger partial charge >= 0.3 is 0 Å². The van der Waals surface area contributed by atoms with Crippen molar-refractivity contribution in [3.05, 3.63) is 11.6 Å². The first-order valence-corrected chi connectivity index (χ1v) is 9.61. The number of nitrogens with zero attached hydrogens (tertiary/aromatic N) is 2. The Labute approximate surface area is 159 Å². The molecule has 26 heavy (non-hydrogen) atoms. The topological polar surface area (TPSA) is 64.7 Å². The second kappa shape index (κ2) is 9.51. The molecule has 1 aliphatic heterocycles. The molecule has 2 atom stereocenters. The van der Waals surface area contributed by atoms with Crippen molar-refractivity contribution in [3.8, 4) is 0 Å². The summed E-state index contributed by atoms with van der Waals surface area (Å²) >= 11 is 0. The molecule has 2 amide bonds. The lowest BCUT2D eigenvalue weighted by molar-refractivity contribution is -0.128. The predicted molar refractivity (Wildman–Crippen MR) is 107 cm³/mol. The van der Waals surface area contributed by atoms with Gasteiger partial charge in [-0.2, -0.15) is 0 Å². The average molecular weight is 367 g/mol. The molecule has 1 heterocycles. The highest BCUT2D eigenvalue weighted by molar-refractivity contribution is 5.93. The molecule has 0 spiro atoms. The summed E-state index contributed by atoms with van der Waals surface area (Å²) in [5, 5.41) is 6.22. The zero-order chi connectivity index (χ0) is 20.1. The standard InChI is InChI=1S/C20H38N4O2/c1-14(2)16(22-17(18(25)21-7)20(4,5)6)13-15(3)19(26)24-11-9-23(8)10-12-24/h13-14,16-17,22H,9-12H2,1-8H3,(H,21,25)/b15-13+/t16-,17-/m1/s1. The Morgan fingerprint density at radius 1 is 1.08 bits per heavy atom. The Balaban J connectivity index is 2.92. The number of amides is 2. The van der Waals surface area contributed by atoms with Gasteiger partial charge in [0, 0.05) is 44.8 Å². The minimum absolute atomic E-state index is 0.0282. The van der Waals surface area contributed by atoms with Crippen LogP contribution in [-0.4, -0.2) is 74.0 Å². The molecule has 1 fully saturated rings. The van der Waals surface area contributed by atoms with E-state index < -0.39 is 0 Å². The third-order valence-corrected chi connectivity index (χ3v) is 5.01. The number of carbonyl (C=O) groups excluding carboxylic acids is 2. The van der Waals surface area contributed by atoms with E-state index in [4.69, 9.17) is 0 Å². The van der Waals surface area contributed by atoms with Crippen LogP contribution in [0.4, 0.5) is 0 Å². The lowest BCUT2D eigenvalue weighted by Crippen LogP contribution is -2.55. The van der Waals surface area contributed by atoms with Crippen LogP contribution in [0, 0.1) is 11.3 Å². The minimum atomic E-state index is -0.331. The maximum absolute atomic E-state index is 12.8. The van der Waals surface area contributed by atoms with Gasteiger partial charge < -0.3 is 15.1 Å². The highest BCUT2D eigenvalue weighted by atomic mass is 16.2. The Kier molecular flexibility index (Phi) is 8.28. The number of rotatable bonds is 6. The molecule has 0 radical (unpaired) electrons. The molecule has 0 aromatic rings. The van der Waals surface area contributed by atoms with Crippen LogP contribution in [0.1, 0.15) is 41.5 Å². The molecule has 0 aromatic carbocycles. The molecule has 0 saturated carbocycles. The zero-order valence-electron chi connectivity index (χ0n) is 17.8. The van der Waals surface area contributed by atoms with Crippen LogP contribution in [0.2, 0.25) is 0 Å². The molecule has 0 bridgehead atoms. The summed E-state index contributed by atoms with van der Waals surface area (Å²) in [5.74, 6) is 0.331. The minimum Gasteiger partial charge on any atom is -0.358 e. The predicted octanol–water partition coefficient (Wildman–Crippen LogP) is 1.48. The molecular weight excluding hydrogens is 328 g/mol. The quantitative estimate of drug-likeness (QED) is 0.699. The Bertz CT molecular complexity index is 514. The van der Waals surface area contributed by atoms with Gasteiger partial charge in [0.15, 0.2) is 0 Å². The van der Waals surface area contributed by atoms with Crippen molar-refractivity contribution in [1.82, 2.24) is 20.4 Å². The van der Waals surface area contributed by atoms with Crippen LogP contribution in [0.3, 0.4) is 0 Å². The number of piperazine rings is 1. The normalized spacial score (nSPS) is 19.4. The van der Waals surface area contributed by atoms with Gasteiger partial charge in [-0.1, -0.05) is 40.7 Å². The lowest BCUT2D eigenvalue weighted by atomic mass is 9.84. The van der Waals surface area contributed by atoms with Gasteiger partial charge in [0.1, 0.15) is 0 Å². The van der Waals surface area contributed by atoms with E-state index in [0.29, 0.717) is 0 Å². The Morgan fingerprint density at radius 3 is 2.04 bits per heavy atom. The first-order chi connectivity index (χ1) is 12.0. The van der Waals surface area contributed by atoms with Crippen LogP contribution < -0.4 is 10.6 Å². The molecule has 0 aliphatic carbocycles. The van der Waals surface area contributed by atoms with Crippen LogP contribution in [-0.2, 0) is 9.59 Å². The van der Waals surface area contributed by atoms with E-state index >= 15 is 0 Å². The van der Waals surface area contributed by atoms with E-state index in [0.717, 1.165) is 31.8 Å². The van der Waals surface area contributed by atoms with Crippen LogP contribution >= 0.6 is 0 Å². The van der Waals surface area contributed by atoms with Gasteiger partial charge in [-0.15, -0.1) is 0 Å². The Hall–Kier alpha value is -1.40.